The summed E-state index contributed by atoms with van der Waals surface area (Å²) in [5.41, 5.74) is 0. The molecule has 0 aliphatic heterocycles. The van der Waals surface area contributed by atoms with E-state index in [-0.39, 0.29) is 48.3 Å². The summed E-state index contributed by atoms with van der Waals surface area (Å²) in [6.07, 6.45) is 0.259. The van der Waals surface area contributed by atoms with Crippen LogP contribution in [0.3, 0.4) is 0 Å². The van der Waals surface area contributed by atoms with Crippen LogP contribution in [0.2, 0.25) is 0 Å². The van der Waals surface area contributed by atoms with Crippen molar-refractivity contribution in [3.05, 3.63) is 0 Å². The Morgan fingerprint density at radius 2 is 1.07 bits per heavy atom. The second-order valence-corrected chi connectivity index (χ2v) is 4.83. The average molecular weight is 383 g/mol. The number of ether oxygens (including phenoxy) is 2. The third-order valence-corrected chi connectivity index (χ3v) is 1.05. The van der Waals surface area contributed by atoms with E-state index >= 15 is 0 Å². The van der Waals surface area contributed by atoms with Gasteiger partial charge in [0, 0.05) is 8.77 Å². The molecule has 0 spiro atoms. The van der Waals surface area contributed by atoms with Crippen molar-refractivity contribution in [2.24, 2.45) is 0 Å². The molecule has 0 amide bonds. The number of thiocarbonyl (C=S) groups is 2. The standard InChI is InChI=1S/2C4H8OS2.Cd/c2*1-3(2)5-4(6)7;/h2*3H,1-2H3,(H,6,7);/q;;+2/p-2. The van der Waals surface area contributed by atoms with Crippen LogP contribution in [0.1, 0.15) is 27.7 Å². The SMILES string of the molecule is CC(C)OC(=S)[S-].CC(C)OC(=S)[S-].[Cd+2]. The van der Waals surface area contributed by atoms with Gasteiger partial charge in [0.25, 0.3) is 0 Å². The number of hydrogen-bond acceptors (Lipinski definition) is 6. The van der Waals surface area contributed by atoms with Crippen molar-refractivity contribution in [2.45, 2.75) is 39.9 Å². The first-order chi connectivity index (χ1) is 6.25. The molecule has 0 aromatic heterocycles. The van der Waals surface area contributed by atoms with E-state index in [1.807, 2.05) is 27.7 Å². The zero-order chi connectivity index (χ0) is 11.7. The monoisotopic (exact) mass is 384 g/mol. The first kappa shape index (κ1) is 21.4. The molecule has 7 heteroatoms. The van der Waals surface area contributed by atoms with E-state index in [2.05, 4.69) is 49.7 Å². The van der Waals surface area contributed by atoms with Gasteiger partial charge >= 0.3 is 27.3 Å². The maximum absolute atomic E-state index is 4.80. The molecule has 0 fully saturated rings. The van der Waals surface area contributed by atoms with E-state index in [0.29, 0.717) is 0 Å². The molecule has 0 unspecified atom stereocenters. The van der Waals surface area contributed by atoms with Gasteiger partial charge in [0.2, 0.25) is 0 Å². The van der Waals surface area contributed by atoms with Crippen LogP contribution in [-0.2, 0) is 62.0 Å². The Morgan fingerprint density at radius 3 is 1.07 bits per heavy atom. The van der Waals surface area contributed by atoms with Crippen molar-refractivity contribution in [3.63, 3.8) is 0 Å². The number of rotatable bonds is 2. The van der Waals surface area contributed by atoms with Gasteiger partial charge < -0.3 is 59.2 Å². The molecule has 0 N–H and O–H groups in total. The summed E-state index contributed by atoms with van der Waals surface area (Å²) in [4.78, 5) is 0. The zero-order valence-corrected chi connectivity index (χ0v) is 16.6. The molecule has 0 radical (unpaired) electrons. The summed E-state index contributed by atoms with van der Waals surface area (Å²) in [5.74, 6) is 0. The Kier molecular flexibility index (Phi) is 18.9. The molecule has 0 atom stereocenters. The first-order valence-electron chi connectivity index (χ1n) is 4.01. The molecule has 15 heavy (non-hydrogen) atoms. The second-order valence-electron chi connectivity index (χ2n) is 2.83. The van der Waals surface area contributed by atoms with Gasteiger partial charge in [-0.3, -0.25) is 0 Å². The molecule has 0 bridgehead atoms. The summed E-state index contributed by atoms with van der Waals surface area (Å²) in [7, 11) is 0. The fourth-order valence-corrected chi connectivity index (χ4v) is 1.15. The predicted octanol–water partition coefficient (Wildman–Crippen LogP) is 2.48. The van der Waals surface area contributed by atoms with Gasteiger partial charge in [-0.05, 0) is 27.7 Å². The van der Waals surface area contributed by atoms with Crippen LogP contribution in [0, 0.1) is 0 Å². The fraction of sp³-hybridized carbons (Fsp3) is 0.750. The van der Waals surface area contributed by atoms with Crippen molar-refractivity contribution < 1.29 is 36.8 Å². The maximum Gasteiger partial charge on any atom is 2.00 e. The molecule has 0 aromatic carbocycles. The van der Waals surface area contributed by atoms with Gasteiger partial charge in [-0.1, -0.05) is 0 Å². The Morgan fingerprint density at radius 1 is 0.867 bits per heavy atom. The smallest absolute Gasteiger partial charge is 0.511 e. The Labute approximate surface area is 134 Å². The Bertz CT molecular complexity index is 165. The van der Waals surface area contributed by atoms with Crippen molar-refractivity contribution in [2.75, 3.05) is 0 Å². The normalized spacial score (nSPS) is 8.40. The maximum atomic E-state index is 4.80. The van der Waals surface area contributed by atoms with E-state index in [1.54, 1.807) is 0 Å². The van der Waals surface area contributed by atoms with Crippen LogP contribution in [0.15, 0.2) is 0 Å². The van der Waals surface area contributed by atoms with Gasteiger partial charge in [-0.15, -0.1) is 0 Å². The van der Waals surface area contributed by atoms with E-state index in [4.69, 9.17) is 9.47 Å². The molecule has 0 aliphatic carbocycles. The van der Waals surface area contributed by atoms with E-state index in [0.717, 1.165) is 0 Å². The van der Waals surface area contributed by atoms with Crippen LogP contribution >= 0.6 is 24.4 Å². The van der Waals surface area contributed by atoms with Crippen molar-refractivity contribution in [3.8, 4) is 0 Å². The predicted molar refractivity (Wildman–Crippen MR) is 72.4 cm³/mol. The molecular weight excluding hydrogens is 369 g/mol. The fourth-order valence-electron chi connectivity index (χ4n) is 0.385. The summed E-state index contributed by atoms with van der Waals surface area (Å²) in [5, 5.41) is 0. The van der Waals surface area contributed by atoms with Gasteiger partial charge in [-0.25, -0.2) is 0 Å². The van der Waals surface area contributed by atoms with Crippen LogP contribution in [-0.4, -0.2) is 21.0 Å². The topological polar surface area (TPSA) is 18.5 Å². The molecule has 0 aromatic rings. The Hall–Kier alpha value is 1.14. The van der Waals surface area contributed by atoms with Crippen molar-refractivity contribution in [1.29, 1.82) is 0 Å². The zero-order valence-electron chi connectivity index (χ0n) is 9.31. The van der Waals surface area contributed by atoms with Crippen LogP contribution in [0.25, 0.3) is 0 Å². The largest absolute Gasteiger partial charge is 2.00 e. The third kappa shape index (κ3) is 31.3. The molecule has 84 valence electrons. The molecule has 0 saturated heterocycles. The quantitative estimate of drug-likeness (QED) is 0.412. The van der Waals surface area contributed by atoms with Gasteiger partial charge in [-0.2, -0.15) is 0 Å². The molecule has 0 saturated carbocycles. The van der Waals surface area contributed by atoms with Gasteiger partial charge in [0.1, 0.15) is 0 Å². The van der Waals surface area contributed by atoms with Crippen LogP contribution in [0.5, 0.6) is 0 Å². The van der Waals surface area contributed by atoms with E-state index in [9.17, 15) is 0 Å². The van der Waals surface area contributed by atoms with Gasteiger partial charge in [0.15, 0.2) is 0 Å². The minimum atomic E-state index is 0. The molecular formula is C8H14CdO2S4. The summed E-state index contributed by atoms with van der Waals surface area (Å²) < 4.78 is 10.0. The molecule has 2 nitrogen and oxygen atoms in total. The molecule has 0 heterocycles. The van der Waals surface area contributed by atoms with Gasteiger partial charge in [0.05, 0.1) is 12.2 Å². The summed E-state index contributed by atoms with van der Waals surface area (Å²) >= 11 is 17.9. The third-order valence-electron chi connectivity index (χ3n) is 0.664. The molecule has 0 rings (SSSR count). The minimum Gasteiger partial charge on any atom is -0.511 e. The summed E-state index contributed by atoms with van der Waals surface area (Å²) in [6, 6.07) is 0. The van der Waals surface area contributed by atoms with E-state index < -0.39 is 0 Å². The minimum absolute atomic E-state index is 0. The van der Waals surface area contributed by atoms with Crippen LogP contribution in [0.4, 0.5) is 0 Å². The van der Waals surface area contributed by atoms with Crippen molar-refractivity contribution >= 4 is 58.5 Å². The summed E-state index contributed by atoms with van der Waals surface area (Å²) in [6.45, 7) is 7.55. The van der Waals surface area contributed by atoms with Crippen LogP contribution < -0.4 is 0 Å². The first-order valence-corrected chi connectivity index (χ1v) is 5.64. The molecule has 0 aliphatic rings. The second kappa shape index (κ2) is 13.2. The van der Waals surface area contributed by atoms with E-state index in [1.165, 1.54) is 0 Å². The van der Waals surface area contributed by atoms with Crippen molar-refractivity contribution in [1.82, 2.24) is 0 Å². The number of hydrogen-bond donors (Lipinski definition) is 0. The average Bonchev–Trinajstić information content (AvgIpc) is 1.79. The Balaban J connectivity index is -0.000000180.